The maximum absolute atomic E-state index is 10.6. The fraction of sp³-hybridized carbons (Fsp3) is 0.400. The number of hydrogen-bond acceptors (Lipinski definition) is 4. The molecule has 16 heavy (non-hydrogen) atoms. The van der Waals surface area contributed by atoms with E-state index in [9.17, 15) is 10.1 Å². The van der Waals surface area contributed by atoms with Crippen molar-refractivity contribution in [2.24, 2.45) is 0 Å². The Bertz CT molecular complexity index is 405. The minimum absolute atomic E-state index is 0.0621. The zero-order chi connectivity index (χ0) is 11.5. The van der Waals surface area contributed by atoms with Crippen molar-refractivity contribution in [3.63, 3.8) is 0 Å². The van der Waals surface area contributed by atoms with Crippen LogP contribution in [-0.4, -0.2) is 24.7 Å². The summed E-state index contributed by atoms with van der Waals surface area (Å²) in [5.41, 5.74) is 0.845. The molecule has 2 rings (SSSR count). The van der Waals surface area contributed by atoms with Gasteiger partial charge in [0.05, 0.1) is 24.2 Å². The van der Waals surface area contributed by atoms with E-state index < -0.39 is 4.92 Å². The summed E-state index contributed by atoms with van der Waals surface area (Å²) in [7, 11) is 0. The van der Waals surface area contributed by atoms with Gasteiger partial charge >= 0.3 is 0 Å². The number of nitro benzene ring substituents is 1. The lowest BCUT2D eigenvalue weighted by molar-refractivity contribution is -0.384. The molecule has 0 saturated carbocycles. The number of benzene rings is 1. The lowest BCUT2D eigenvalue weighted by Gasteiger charge is -2.24. The molecule has 1 N–H and O–H groups in total. The lowest BCUT2D eigenvalue weighted by Crippen LogP contribution is -2.34. The van der Waals surface area contributed by atoms with Crippen LogP contribution in [0.25, 0.3) is 0 Å². The normalized spacial score (nSPS) is 20.7. The van der Waals surface area contributed by atoms with Crippen molar-refractivity contribution in [1.29, 1.82) is 0 Å². The van der Waals surface area contributed by atoms with Gasteiger partial charge in [-0.05, 0) is 11.6 Å². The summed E-state index contributed by atoms with van der Waals surface area (Å²) in [5.74, 6) is 0. The molecule has 1 aliphatic heterocycles. The van der Waals surface area contributed by atoms with Gasteiger partial charge in [-0.1, -0.05) is 17.7 Å². The highest BCUT2D eigenvalue weighted by molar-refractivity contribution is 6.32. The van der Waals surface area contributed by atoms with Crippen molar-refractivity contribution in [1.82, 2.24) is 5.32 Å². The van der Waals surface area contributed by atoms with Crippen molar-refractivity contribution in [2.45, 2.75) is 6.04 Å². The molecule has 1 unspecified atom stereocenters. The first-order valence-corrected chi connectivity index (χ1v) is 5.31. The Balaban J connectivity index is 2.23. The summed E-state index contributed by atoms with van der Waals surface area (Å²) < 4.78 is 5.31. The van der Waals surface area contributed by atoms with Crippen LogP contribution in [0.2, 0.25) is 5.02 Å². The topological polar surface area (TPSA) is 64.4 Å². The number of morpholine rings is 1. The largest absolute Gasteiger partial charge is 0.378 e. The average Bonchev–Trinajstić information content (AvgIpc) is 2.29. The van der Waals surface area contributed by atoms with Gasteiger partial charge in [0.15, 0.2) is 0 Å². The molecule has 6 heteroatoms. The predicted molar refractivity (Wildman–Crippen MR) is 59.7 cm³/mol. The molecule has 1 aliphatic rings. The second-order valence-corrected chi connectivity index (χ2v) is 3.96. The minimum Gasteiger partial charge on any atom is -0.378 e. The smallest absolute Gasteiger partial charge is 0.287 e. The van der Waals surface area contributed by atoms with Gasteiger partial charge in [0, 0.05) is 12.6 Å². The van der Waals surface area contributed by atoms with Crippen molar-refractivity contribution in [3.8, 4) is 0 Å². The Morgan fingerprint density at radius 1 is 1.56 bits per heavy atom. The molecule has 86 valence electrons. The molecule has 1 aromatic rings. The zero-order valence-corrected chi connectivity index (χ0v) is 9.24. The summed E-state index contributed by atoms with van der Waals surface area (Å²) in [4.78, 5) is 10.1. The standard InChI is InChI=1S/C10H11ClN2O3/c11-8-5-7(1-2-10(8)13(14)15)9-6-16-4-3-12-9/h1-2,5,9,12H,3-4,6H2. The second-order valence-electron chi connectivity index (χ2n) is 3.55. The van der Waals surface area contributed by atoms with Crippen LogP contribution >= 0.6 is 11.6 Å². The molecular weight excluding hydrogens is 232 g/mol. The van der Waals surface area contributed by atoms with E-state index in [1.807, 2.05) is 0 Å². The van der Waals surface area contributed by atoms with E-state index >= 15 is 0 Å². The molecule has 1 aromatic carbocycles. The van der Waals surface area contributed by atoms with Crippen LogP contribution in [-0.2, 0) is 4.74 Å². The first kappa shape index (κ1) is 11.3. The molecular formula is C10H11ClN2O3. The third-order valence-corrected chi connectivity index (χ3v) is 2.80. The SMILES string of the molecule is O=[N+]([O-])c1ccc(C2COCCN2)cc1Cl. The Labute approximate surface area is 97.5 Å². The fourth-order valence-corrected chi connectivity index (χ4v) is 1.93. The highest BCUT2D eigenvalue weighted by Crippen LogP contribution is 2.28. The number of nitrogens with zero attached hydrogens (tertiary/aromatic N) is 1. The van der Waals surface area contributed by atoms with Gasteiger partial charge < -0.3 is 10.1 Å². The summed E-state index contributed by atoms with van der Waals surface area (Å²) in [6.07, 6.45) is 0. The van der Waals surface area contributed by atoms with Gasteiger partial charge in [-0.15, -0.1) is 0 Å². The van der Waals surface area contributed by atoms with Crippen LogP contribution in [0.15, 0.2) is 18.2 Å². The van der Waals surface area contributed by atoms with E-state index in [4.69, 9.17) is 16.3 Å². The summed E-state index contributed by atoms with van der Waals surface area (Å²) in [6, 6.07) is 4.81. The molecule has 1 heterocycles. The minimum atomic E-state index is -0.489. The van der Waals surface area contributed by atoms with Crippen LogP contribution in [0.4, 0.5) is 5.69 Å². The van der Waals surface area contributed by atoms with Crippen LogP contribution in [0.3, 0.4) is 0 Å². The van der Waals surface area contributed by atoms with Gasteiger partial charge in [-0.2, -0.15) is 0 Å². The first-order chi connectivity index (χ1) is 7.68. The molecule has 1 saturated heterocycles. The Kier molecular flexibility index (Phi) is 3.38. The van der Waals surface area contributed by atoms with Gasteiger partial charge in [0.2, 0.25) is 0 Å². The monoisotopic (exact) mass is 242 g/mol. The number of ether oxygens (including phenoxy) is 1. The van der Waals surface area contributed by atoms with Crippen molar-refractivity contribution in [2.75, 3.05) is 19.8 Å². The molecule has 0 aromatic heterocycles. The van der Waals surface area contributed by atoms with Crippen LogP contribution < -0.4 is 5.32 Å². The van der Waals surface area contributed by atoms with Crippen molar-refractivity contribution in [3.05, 3.63) is 38.9 Å². The van der Waals surface area contributed by atoms with E-state index in [0.717, 1.165) is 12.1 Å². The quantitative estimate of drug-likeness (QED) is 0.636. The zero-order valence-electron chi connectivity index (χ0n) is 8.48. The Hall–Kier alpha value is -1.17. The summed E-state index contributed by atoms with van der Waals surface area (Å²) in [5, 5.41) is 14.0. The van der Waals surface area contributed by atoms with E-state index in [0.29, 0.717) is 13.2 Å². The summed E-state index contributed by atoms with van der Waals surface area (Å²) in [6.45, 7) is 2.03. The number of nitrogens with one attached hydrogen (secondary N) is 1. The number of nitro groups is 1. The van der Waals surface area contributed by atoms with Gasteiger partial charge in [-0.25, -0.2) is 0 Å². The van der Waals surface area contributed by atoms with Crippen LogP contribution in [0, 0.1) is 10.1 Å². The maximum atomic E-state index is 10.6. The predicted octanol–water partition coefficient (Wildman–Crippen LogP) is 1.91. The van der Waals surface area contributed by atoms with E-state index in [1.165, 1.54) is 6.07 Å². The van der Waals surface area contributed by atoms with E-state index in [-0.39, 0.29) is 16.8 Å². The molecule has 0 bridgehead atoms. The summed E-state index contributed by atoms with van der Waals surface area (Å²) >= 11 is 5.83. The molecule has 1 fully saturated rings. The van der Waals surface area contributed by atoms with Crippen LogP contribution in [0.5, 0.6) is 0 Å². The molecule has 0 aliphatic carbocycles. The fourth-order valence-electron chi connectivity index (χ4n) is 1.67. The lowest BCUT2D eigenvalue weighted by atomic mass is 10.1. The highest BCUT2D eigenvalue weighted by Gasteiger charge is 2.18. The first-order valence-electron chi connectivity index (χ1n) is 4.93. The third-order valence-electron chi connectivity index (χ3n) is 2.49. The average molecular weight is 243 g/mol. The molecule has 0 spiro atoms. The van der Waals surface area contributed by atoms with Gasteiger partial charge in [0.1, 0.15) is 5.02 Å². The van der Waals surface area contributed by atoms with E-state index in [1.54, 1.807) is 12.1 Å². The molecule has 0 radical (unpaired) electrons. The van der Waals surface area contributed by atoms with Crippen molar-refractivity contribution >= 4 is 17.3 Å². The number of hydrogen-bond donors (Lipinski definition) is 1. The van der Waals surface area contributed by atoms with Gasteiger partial charge in [-0.3, -0.25) is 10.1 Å². The highest BCUT2D eigenvalue weighted by atomic mass is 35.5. The third kappa shape index (κ3) is 2.32. The second kappa shape index (κ2) is 4.78. The Morgan fingerprint density at radius 2 is 2.38 bits per heavy atom. The van der Waals surface area contributed by atoms with Crippen molar-refractivity contribution < 1.29 is 9.66 Å². The van der Waals surface area contributed by atoms with Crippen LogP contribution in [0.1, 0.15) is 11.6 Å². The molecule has 1 atom stereocenters. The van der Waals surface area contributed by atoms with Gasteiger partial charge in [0.25, 0.3) is 5.69 Å². The molecule has 0 amide bonds. The number of rotatable bonds is 2. The number of halogens is 1. The Morgan fingerprint density at radius 3 is 2.94 bits per heavy atom. The maximum Gasteiger partial charge on any atom is 0.287 e. The van der Waals surface area contributed by atoms with E-state index in [2.05, 4.69) is 5.32 Å². The molecule has 5 nitrogen and oxygen atoms in total.